The predicted octanol–water partition coefficient (Wildman–Crippen LogP) is 4.48. The third kappa shape index (κ3) is 6.24. The molecule has 6 nitrogen and oxygen atoms in total. The summed E-state index contributed by atoms with van der Waals surface area (Å²) in [5.74, 6) is -2.64. The molecule has 0 atom stereocenters. The second-order valence-corrected chi connectivity index (χ2v) is 5.92. The molecule has 0 aliphatic rings. The van der Waals surface area contributed by atoms with Crippen molar-refractivity contribution in [3.8, 4) is 0 Å². The van der Waals surface area contributed by atoms with Gasteiger partial charge in [0.05, 0.1) is 35.1 Å². The molecule has 2 aromatic rings. The molecule has 0 spiro atoms. The first-order chi connectivity index (χ1) is 13.1. The van der Waals surface area contributed by atoms with Crippen molar-refractivity contribution in [3.05, 3.63) is 57.1 Å². The van der Waals surface area contributed by atoms with Crippen molar-refractivity contribution in [2.24, 2.45) is 0 Å². The molecular formula is C18H18Cl2F2N2O4. The van der Waals surface area contributed by atoms with Gasteiger partial charge in [0.15, 0.2) is 0 Å². The van der Waals surface area contributed by atoms with E-state index in [1.807, 2.05) is 0 Å². The maximum absolute atomic E-state index is 13.1. The zero-order valence-corrected chi connectivity index (χ0v) is 16.5. The summed E-state index contributed by atoms with van der Waals surface area (Å²) in [6, 6.07) is 4.51. The van der Waals surface area contributed by atoms with E-state index in [1.54, 1.807) is 13.8 Å². The van der Waals surface area contributed by atoms with Crippen LogP contribution in [0.3, 0.4) is 0 Å². The number of rotatable bonds is 4. The Morgan fingerprint density at radius 3 is 2.04 bits per heavy atom. The van der Waals surface area contributed by atoms with Crippen LogP contribution in [-0.2, 0) is 9.47 Å². The van der Waals surface area contributed by atoms with Gasteiger partial charge in [-0.15, -0.1) is 0 Å². The molecule has 0 amide bonds. The highest BCUT2D eigenvalue weighted by Crippen LogP contribution is 2.33. The van der Waals surface area contributed by atoms with Crippen LogP contribution in [0.25, 0.3) is 0 Å². The molecule has 10 heteroatoms. The molecule has 0 unspecified atom stereocenters. The zero-order valence-electron chi connectivity index (χ0n) is 15.0. The van der Waals surface area contributed by atoms with E-state index in [-0.39, 0.29) is 45.8 Å². The zero-order chi connectivity index (χ0) is 21.4. The smallest absolute Gasteiger partial charge is 0.339 e. The van der Waals surface area contributed by atoms with Gasteiger partial charge >= 0.3 is 11.9 Å². The highest BCUT2D eigenvalue weighted by atomic mass is 35.5. The first-order valence-electron chi connectivity index (χ1n) is 7.95. The van der Waals surface area contributed by atoms with Gasteiger partial charge in [-0.2, -0.15) is 0 Å². The number of hydrogen-bond acceptors (Lipinski definition) is 6. The highest BCUT2D eigenvalue weighted by Gasteiger charge is 2.19. The number of nitrogens with two attached hydrogens (primary N) is 2. The molecule has 0 heterocycles. The Balaban J connectivity index is 0.000000283. The van der Waals surface area contributed by atoms with Crippen LogP contribution >= 0.6 is 23.2 Å². The largest absolute Gasteiger partial charge is 0.462 e. The van der Waals surface area contributed by atoms with E-state index in [2.05, 4.69) is 9.47 Å². The van der Waals surface area contributed by atoms with Crippen molar-refractivity contribution < 1.29 is 27.8 Å². The Kier molecular flexibility index (Phi) is 8.94. The number of halogens is 4. The Bertz CT molecular complexity index is 859. The molecule has 0 aromatic heterocycles. The van der Waals surface area contributed by atoms with E-state index in [4.69, 9.17) is 34.7 Å². The van der Waals surface area contributed by atoms with Crippen LogP contribution in [-0.4, -0.2) is 25.2 Å². The molecule has 0 aliphatic heterocycles. The fourth-order valence-electron chi connectivity index (χ4n) is 1.93. The number of carbonyl (C=O) groups excluding carboxylic acids is 2. The first-order valence-corrected chi connectivity index (χ1v) is 8.71. The summed E-state index contributed by atoms with van der Waals surface area (Å²) in [5.41, 5.74) is 10.8. The Morgan fingerprint density at radius 2 is 1.50 bits per heavy atom. The number of esters is 2. The monoisotopic (exact) mass is 434 g/mol. The molecule has 0 saturated carbocycles. The van der Waals surface area contributed by atoms with E-state index in [1.165, 1.54) is 6.07 Å². The lowest BCUT2D eigenvalue weighted by molar-refractivity contribution is 0.0516. The van der Waals surface area contributed by atoms with Crippen LogP contribution in [0.4, 0.5) is 20.2 Å². The summed E-state index contributed by atoms with van der Waals surface area (Å²) >= 11 is 11.2. The number of hydrogen-bond donors (Lipinski definition) is 2. The van der Waals surface area contributed by atoms with Crippen LogP contribution in [0.5, 0.6) is 0 Å². The molecule has 2 aromatic carbocycles. The quantitative estimate of drug-likeness (QED) is 0.417. The molecule has 0 radical (unpaired) electrons. The van der Waals surface area contributed by atoms with Crippen molar-refractivity contribution >= 4 is 46.5 Å². The number of anilines is 2. The lowest BCUT2D eigenvalue weighted by Gasteiger charge is -2.08. The average Bonchev–Trinajstić information content (AvgIpc) is 2.63. The van der Waals surface area contributed by atoms with Crippen LogP contribution in [0.15, 0.2) is 24.3 Å². The van der Waals surface area contributed by atoms with Crippen molar-refractivity contribution in [1.29, 1.82) is 0 Å². The van der Waals surface area contributed by atoms with Crippen molar-refractivity contribution in [2.45, 2.75) is 13.8 Å². The summed E-state index contributed by atoms with van der Waals surface area (Å²) in [4.78, 5) is 22.4. The maximum Gasteiger partial charge on any atom is 0.339 e. The van der Waals surface area contributed by atoms with Crippen molar-refractivity contribution in [1.82, 2.24) is 0 Å². The third-order valence-electron chi connectivity index (χ3n) is 3.12. The number of benzene rings is 2. The Labute approximate surface area is 170 Å². The molecule has 0 fully saturated rings. The van der Waals surface area contributed by atoms with Crippen LogP contribution < -0.4 is 11.5 Å². The van der Waals surface area contributed by atoms with Gasteiger partial charge in [-0.25, -0.2) is 18.4 Å². The van der Waals surface area contributed by atoms with E-state index in [9.17, 15) is 18.4 Å². The van der Waals surface area contributed by atoms with Gasteiger partial charge in [-0.05, 0) is 38.1 Å². The van der Waals surface area contributed by atoms with Gasteiger partial charge in [-0.1, -0.05) is 23.2 Å². The molecule has 152 valence electrons. The summed E-state index contributed by atoms with van der Waals surface area (Å²) in [7, 11) is 0. The van der Waals surface area contributed by atoms with E-state index < -0.39 is 23.6 Å². The third-order valence-corrected chi connectivity index (χ3v) is 3.91. The van der Waals surface area contributed by atoms with E-state index in [0.29, 0.717) is 0 Å². The fraction of sp³-hybridized carbons (Fsp3) is 0.222. The molecule has 0 aliphatic carbocycles. The van der Waals surface area contributed by atoms with E-state index >= 15 is 0 Å². The Morgan fingerprint density at radius 1 is 0.929 bits per heavy atom. The molecular weight excluding hydrogens is 417 g/mol. The second-order valence-electron chi connectivity index (χ2n) is 5.16. The molecule has 4 N–H and O–H groups in total. The summed E-state index contributed by atoms with van der Waals surface area (Å²) in [6.45, 7) is 3.73. The molecule has 0 bridgehead atoms. The summed E-state index contributed by atoms with van der Waals surface area (Å²) in [6.07, 6.45) is 0. The minimum atomic E-state index is -0.804. The standard InChI is InChI=1S/C9H8Cl2FNO2.C9H10FNO2/c1-2-15-9(14)4-3-5(12)7(11)8(13)6(4)10;1-2-13-9(12)6-3-7(10)5-8(11)4-6/h3H,2,13H2,1H3;3-5H,2,11H2,1H3. The Hall–Kier alpha value is -2.58. The molecule has 28 heavy (non-hydrogen) atoms. The average molecular weight is 435 g/mol. The fourth-order valence-corrected chi connectivity index (χ4v) is 2.35. The predicted molar refractivity (Wildman–Crippen MR) is 104 cm³/mol. The normalized spacial score (nSPS) is 9.93. The minimum Gasteiger partial charge on any atom is -0.462 e. The van der Waals surface area contributed by atoms with Gasteiger partial charge in [-0.3, -0.25) is 0 Å². The number of nitrogen functional groups attached to an aromatic ring is 2. The molecule has 0 saturated heterocycles. The van der Waals surface area contributed by atoms with Crippen LogP contribution in [0, 0.1) is 11.6 Å². The van der Waals surface area contributed by atoms with Crippen molar-refractivity contribution in [3.63, 3.8) is 0 Å². The van der Waals surface area contributed by atoms with Gasteiger partial charge in [0, 0.05) is 5.69 Å². The summed E-state index contributed by atoms with van der Waals surface area (Å²) in [5, 5.41) is -0.395. The lowest BCUT2D eigenvalue weighted by atomic mass is 10.2. The molecule has 2 rings (SSSR count). The highest BCUT2D eigenvalue weighted by molar-refractivity contribution is 6.40. The topological polar surface area (TPSA) is 105 Å². The van der Waals surface area contributed by atoms with Crippen LogP contribution in [0.2, 0.25) is 10.0 Å². The maximum atomic E-state index is 13.1. The van der Waals surface area contributed by atoms with Gasteiger partial charge < -0.3 is 20.9 Å². The number of ether oxygens (including phenoxy) is 2. The van der Waals surface area contributed by atoms with E-state index in [0.717, 1.165) is 18.2 Å². The summed E-state index contributed by atoms with van der Waals surface area (Å²) < 4.78 is 35.2. The van der Waals surface area contributed by atoms with Crippen molar-refractivity contribution in [2.75, 3.05) is 24.7 Å². The van der Waals surface area contributed by atoms with Gasteiger partial charge in [0.2, 0.25) is 0 Å². The SMILES string of the molecule is CCOC(=O)c1cc(F)c(Cl)c(N)c1Cl.CCOC(=O)c1cc(N)cc(F)c1. The lowest BCUT2D eigenvalue weighted by Crippen LogP contribution is -2.07. The van der Waals surface area contributed by atoms with Crippen LogP contribution in [0.1, 0.15) is 34.6 Å². The number of carbonyl (C=O) groups is 2. The second kappa shape index (κ2) is 10.7. The minimum absolute atomic E-state index is 0.0974. The van der Waals surface area contributed by atoms with Gasteiger partial charge in [0.25, 0.3) is 0 Å². The first kappa shape index (κ1) is 23.5. The van der Waals surface area contributed by atoms with Gasteiger partial charge in [0.1, 0.15) is 16.7 Å².